The van der Waals surface area contributed by atoms with E-state index in [0.717, 1.165) is 37.7 Å². The smallest absolute Gasteiger partial charge is 0.316 e. The molecule has 6 rings (SSSR count). The van der Waals surface area contributed by atoms with E-state index in [1.165, 1.54) is 0 Å². The Morgan fingerprint density at radius 2 is 1.87 bits per heavy atom. The maximum Gasteiger partial charge on any atom is 0.316 e. The molecule has 2 unspecified atom stereocenters. The number of Topliss-reactive ketones (excluding diaryl/α,β-unsaturated/α-hetero) is 1. The topological polar surface area (TPSA) is 181 Å². The van der Waals surface area contributed by atoms with Crippen LogP contribution in [0.2, 0.25) is 0 Å². The first-order valence-corrected chi connectivity index (χ1v) is 16.9. The van der Waals surface area contributed by atoms with Crippen LogP contribution >= 0.6 is 0 Å². The molecular formula is C34H50N8O5. The van der Waals surface area contributed by atoms with Crippen molar-refractivity contribution < 1.29 is 23.9 Å². The molecule has 2 saturated heterocycles. The molecule has 13 nitrogen and oxygen atoms in total. The molecule has 2 aliphatic heterocycles. The Morgan fingerprint density at radius 1 is 1.15 bits per heavy atom. The molecule has 0 bridgehead atoms. The van der Waals surface area contributed by atoms with Crippen molar-refractivity contribution in [1.29, 1.82) is 0 Å². The molecule has 0 radical (unpaired) electrons. The number of carbonyl (C=O) groups excluding carboxylic acids is 4. The molecule has 1 aromatic rings. The molecule has 6 N–H and O–H groups in total. The van der Waals surface area contributed by atoms with Gasteiger partial charge in [-0.1, -0.05) is 41.0 Å². The first-order valence-electron chi connectivity index (χ1n) is 16.9. The van der Waals surface area contributed by atoms with Crippen LogP contribution in [0.5, 0.6) is 0 Å². The highest BCUT2D eigenvalue weighted by atomic mass is 16.5. The van der Waals surface area contributed by atoms with Crippen LogP contribution in [0.15, 0.2) is 29.7 Å². The Bertz CT molecular complexity index is 1450. The summed E-state index contributed by atoms with van der Waals surface area (Å²) in [5.74, 6) is -0.203. The monoisotopic (exact) mass is 650 g/mol. The van der Waals surface area contributed by atoms with Crippen molar-refractivity contribution in [3.05, 3.63) is 29.7 Å². The molecule has 5 atom stereocenters. The van der Waals surface area contributed by atoms with Gasteiger partial charge in [-0.2, -0.15) is 0 Å². The van der Waals surface area contributed by atoms with Crippen LogP contribution in [-0.2, 0) is 19.1 Å². The highest BCUT2D eigenvalue weighted by molar-refractivity contribution is 6.03. The van der Waals surface area contributed by atoms with Gasteiger partial charge in [0.15, 0.2) is 0 Å². The number of hydrogen-bond donors (Lipinski definition) is 5. The summed E-state index contributed by atoms with van der Waals surface area (Å²) >= 11 is 0. The second-order valence-corrected chi connectivity index (χ2v) is 16.1. The minimum atomic E-state index is -0.923. The number of hydrogen-bond acceptors (Lipinski definition) is 9. The minimum absolute atomic E-state index is 0.0800. The Hall–Kier alpha value is -3.74. The van der Waals surface area contributed by atoms with Gasteiger partial charge in [-0.05, 0) is 72.3 Å². The number of urea groups is 1. The lowest BCUT2D eigenvalue weighted by Gasteiger charge is -2.43. The molecule has 1 spiro atoms. The van der Waals surface area contributed by atoms with Crippen molar-refractivity contribution >= 4 is 29.6 Å². The predicted molar refractivity (Wildman–Crippen MR) is 175 cm³/mol. The average Bonchev–Trinajstić information content (AvgIpc) is 3.52. The molecule has 4 amide bonds. The number of fused-ring (bicyclic) bond motifs is 1. The Kier molecular flexibility index (Phi) is 8.51. The molecule has 47 heavy (non-hydrogen) atoms. The molecule has 2 saturated carbocycles. The number of ketones is 1. The number of likely N-dealkylation sites (tertiary alicyclic amines) is 1. The Morgan fingerprint density at radius 3 is 2.45 bits per heavy atom. The van der Waals surface area contributed by atoms with E-state index in [2.05, 4.69) is 45.1 Å². The van der Waals surface area contributed by atoms with Gasteiger partial charge in [0, 0.05) is 25.5 Å². The fourth-order valence-electron chi connectivity index (χ4n) is 8.26. The third-order valence-corrected chi connectivity index (χ3v) is 11.6. The number of nitrogens with two attached hydrogens (primary N) is 1. The molecule has 13 heteroatoms. The second kappa shape index (κ2) is 12.1. The van der Waals surface area contributed by atoms with Crippen LogP contribution in [0.4, 0.5) is 10.7 Å². The van der Waals surface area contributed by atoms with Crippen LogP contribution in [-0.4, -0.2) is 88.5 Å². The van der Waals surface area contributed by atoms with Crippen molar-refractivity contribution in [1.82, 2.24) is 30.8 Å². The number of amides is 4. The normalized spacial score (nSPS) is 29.8. The number of rotatable bonds is 8. The summed E-state index contributed by atoms with van der Waals surface area (Å²) in [6.45, 7) is 11.5. The van der Waals surface area contributed by atoms with Gasteiger partial charge < -0.3 is 36.6 Å². The molecular weight excluding hydrogens is 600 g/mol. The maximum absolute atomic E-state index is 14.6. The van der Waals surface area contributed by atoms with Gasteiger partial charge in [0.2, 0.25) is 23.5 Å². The maximum atomic E-state index is 14.6. The summed E-state index contributed by atoms with van der Waals surface area (Å²) in [5, 5.41) is 12.1. The van der Waals surface area contributed by atoms with Crippen molar-refractivity contribution in [2.75, 3.05) is 31.6 Å². The average molecular weight is 651 g/mol. The van der Waals surface area contributed by atoms with Crippen molar-refractivity contribution in [3.8, 4) is 0 Å². The van der Waals surface area contributed by atoms with E-state index >= 15 is 0 Å². The number of carbonyl (C=O) groups is 4. The number of aromatic nitrogens is 2. The van der Waals surface area contributed by atoms with E-state index in [1.807, 2.05) is 20.8 Å². The lowest BCUT2D eigenvalue weighted by Crippen LogP contribution is -2.69. The van der Waals surface area contributed by atoms with E-state index in [0.29, 0.717) is 45.1 Å². The van der Waals surface area contributed by atoms with Gasteiger partial charge in [-0.15, -0.1) is 0 Å². The zero-order valence-corrected chi connectivity index (χ0v) is 28.3. The molecule has 0 aromatic carbocycles. The summed E-state index contributed by atoms with van der Waals surface area (Å²) < 4.78 is 5.46. The predicted octanol–water partition coefficient (Wildman–Crippen LogP) is 2.25. The van der Waals surface area contributed by atoms with Crippen LogP contribution < -0.4 is 27.0 Å². The first kappa shape index (κ1) is 33.2. The molecule has 3 heterocycles. The summed E-state index contributed by atoms with van der Waals surface area (Å²) in [4.78, 5) is 65.4. The number of anilines is 1. The fraction of sp³-hybridized carbons (Fsp3) is 0.706. The van der Waals surface area contributed by atoms with E-state index in [4.69, 9.17) is 10.5 Å². The quantitative estimate of drug-likeness (QED) is 0.282. The summed E-state index contributed by atoms with van der Waals surface area (Å²) in [6.07, 6.45) is 9.05. The van der Waals surface area contributed by atoms with E-state index < -0.39 is 35.1 Å². The number of nitrogens with zero attached hydrogens (tertiary/aromatic N) is 3. The zero-order chi connectivity index (χ0) is 33.8. The van der Waals surface area contributed by atoms with Crippen molar-refractivity contribution in [2.45, 2.75) is 103 Å². The third-order valence-electron chi connectivity index (χ3n) is 11.6. The lowest BCUT2D eigenvalue weighted by atomic mass is 9.66. The molecule has 5 aliphatic rings. The largest absolute Gasteiger partial charge is 0.396 e. The van der Waals surface area contributed by atoms with Crippen LogP contribution in [0.3, 0.4) is 0 Å². The van der Waals surface area contributed by atoms with E-state index in [1.54, 1.807) is 23.4 Å². The summed E-state index contributed by atoms with van der Waals surface area (Å²) in [6, 6.07) is -1.16. The second-order valence-electron chi connectivity index (χ2n) is 16.1. The van der Waals surface area contributed by atoms with Crippen LogP contribution in [0.1, 0.15) is 79.6 Å². The highest BCUT2D eigenvalue weighted by Gasteiger charge is 2.59. The van der Waals surface area contributed by atoms with E-state index in [-0.39, 0.29) is 40.0 Å². The van der Waals surface area contributed by atoms with Gasteiger partial charge in [0.25, 0.3) is 0 Å². The Balaban J connectivity index is 1.20. The van der Waals surface area contributed by atoms with Gasteiger partial charge in [-0.3, -0.25) is 14.4 Å². The van der Waals surface area contributed by atoms with Gasteiger partial charge >= 0.3 is 6.03 Å². The molecule has 1 aromatic heterocycles. The zero-order valence-electron chi connectivity index (χ0n) is 28.3. The summed E-state index contributed by atoms with van der Waals surface area (Å²) in [5.41, 5.74) is 5.78. The van der Waals surface area contributed by atoms with Crippen LogP contribution in [0.25, 0.3) is 0 Å². The number of allylic oxidation sites excluding steroid dienone is 1. The number of ether oxygens (including phenoxy) is 1. The number of nitrogens with one attached hydrogen (secondary N) is 4. The van der Waals surface area contributed by atoms with Crippen molar-refractivity contribution in [3.63, 3.8) is 0 Å². The van der Waals surface area contributed by atoms with Crippen LogP contribution in [0, 0.1) is 22.2 Å². The van der Waals surface area contributed by atoms with Gasteiger partial charge in [-0.25, -0.2) is 14.8 Å². The lowest BCUT2D eigenvalue weighted by molar-refractivity contribution is -0.142. The molecule has 3 aliphatic carbocycles. The van der Waals surface area contributed by atoms with Gasteiger partial charge in [0.1, 0.15) is 17.6 Å². The highest BCUT2D eigenvalue weighted by Crippen LogP contribution is 2.59. The summed E-state index contributed by atoms with van der Waals surface area (Å²) in [7, 11) is 0. The van der Waals surface area contributed by atoms with Gasteiger partial charge in [0.05, 0.1) is 25.0 Å². The SMILES string of the molecule is CC(C)(C)[C@H](NC(=O)NC1(CNc2ncccn2)COC1)C(=O)N1C[C@]2(CCCC2(C)C)C[C@H]1C(=O)NC1CC2CCC2=C(N)C1=O. The van der Waals surface area contributed by atoms with E-state index in [9.17, 15) is 19.2 Å². The van der Waals surface area contributed by atoms with Crippen molar-refractivity contribution in [2.24, 2.45) is 27.9 Å². The third kappa shape index (κ3) is 6.18. The molecule has 256 valence electrons. The minimum Gasteiger partial charge on any atom is -0.396 e. The molecule has 4 fully saturated rings. The first-order chi connectivity index (χ1) is 22.1. The Labute approximate surface area is 276 Å². The standard InChI is InChI=1S/C34H50N8O5/c1-31(2,3)26(40-30(46)41-34(18-47-19-34)16-38-29-36-12-7-13-37-29)28(45)42-17-33(11-6-10-32(33,4)5)15-23(42)27(44)39-22-14-20-8-9-21(20)24(35)25(22)43/h7,12-13,20,22-23,26H,6,8-11,14-19,35H2,1-5H3,(H,39,44)(H,36,37,38)(H2,40,41,46)/t20?,22?,23-,26+,33-/m0/s1. The fourth-order valence-corrected chi connectivity index (χ4v) is 8.26.